The zero-order valence-corrected chi connectivity index (χ0v) is 10.5. The molecular weight excluding hydrogens is 238 g/mol. The van der Waals surface area contributed by atoms with Crippen molar-refractivity contribution in [1.29, 1.82) is 0 Å². The van der Waals surface area contributed by atoms with Crippen molar-refractivity contribution in [3.8, 4) is 0 Å². The summed E-state index contributed by atoms with van der Waals surface area (Å²) >= 11 is 0. The van der Waals surface area contributed by atoms with Crippen LogP contribution in [0.5, 0.6) is 0 Å². The van der Waals surface area contributed by atoms with Crippen molar-refractivity contribution in [2.75, 3.05) is 11.9 Å². The summed E-state index contributed by atoms with van der Waals surface area (Å²) in [5.41, 5.74) is 2.30. The molecule has 1 amide bonds. The lowest BCUT2D eigenvalue weighted by molar-refractivity contribution is 0.0994. The molecule has 94 valence electrons. The van der Waals surface area contributed by atoms with Crippen LogP contribution in [0.25, 0.3) is 10.9 Å². The van der Waals surface area contributed by atoms with Crippen LogP contribution in [0.4, 0.5) is 5.69 Å². The second kappa shape index (κ2) is 4.57. The number of anilines is 1. The quantitative estimate of drug-likeness (QED) is 0.761. The number of amides is 1. The lowest BCUT2D eigenvalue weighted by Gasteiger charge is -2.17. The predicted molar refractivity (Wildman–Crippen MR) is 75.3 cm³/mol. The fourth-order valence-corrected chi connectivity index (χ4v) is 2.11. The molecule has 0 spiro atoms. The molecule has 0 unspecified atom stereocenters. The molecule has 0 radical (unpaired) electrons. The zero-order chi connectivity index (χ0) is 13.2. The van der Waals surface area contributed by atoms with Gasteiger partial charge in [0.05, 0.1) is 23.0 Å². The summed E-state index contributed by atoms with van der Waals surface area (Å²) in [4.78, 5) is 21.3. The molecule has 2 heterocycles. The molecule has 0 aliphatic carbocycles. The Morgan fingerprint density at radius 2 is 2.11 bits per heavy atom. The predicted octanol–water partition coefficient (Wildman–Crippen LogP) is 2.84. The normalized spacial score (nSPS) is 10.6. The third-order valence-corrected chi connectivity index (χ3v) is 3.16. The number of pyridine rings is 1. The van der Waals surface area contributed by atoms with Crippen LogP contribution in [0.1, 0.15) is 10.4 Å². The van der Waals surface area contributed by atoms with Gasteiger partial charge in [-0.3, -0.25) is 9.78 Å². The van der Waals surface area contributed by atoms with E-state index in [1.807, 2.05) is 42.6 Å². The molecular formula is C15H13N3O. The largest absolute Gasteiger partial charge is 0.361 e. The average Bonchev–Trinajstić information content (AvgIpc) is 2.95. The smallest absolute Gasteiger partial charge is 0.260 e. The fourth-order valence-electron chi connectivity index (χ4n) is 2.11. The number of nitrogens with one attached hydrogen (secondary N) is 1. The molecule has 3 rings (SSSR count). The van der Waals surface area contributed by atoms with Gasteiger partial charge in [-0.05, 0) is 24.3 Å². The molecule has 4 nitrogen and oxygen atoms in total. The third-order valence-electron chi connectivity index (χ3n) is 3.16. The molecule has 0 atom stereocenters. The van der Waals surface area contributed by atoms with E-state index in [9.17, 15) is 4.79 Å². The molecule has 0 fully saturated rings. The van der Waals surface area contributed by atoms with Gasteiger partial charge in [0.15, 0.2) is 0 Å². The van der Waals surface area contributed by atoms with Crippen molar-refractivity contribution in [2.24, 2.45) is 0 Å². The standard InChI is InChI=1S/C15H13N3O/c1-18(12-5-3-8-16-10-12)15(19)13-6-2-4-11-7-9-17-14(11)13/h2-10,17H,1H3. The van der Waals surface area contributed by atoms with Gasteiger partial charge in [0.1, 0.15) is 0 Å². The Hall–Kier alpha value is -2.62. The second-order valence-electron chi connectivity index (χ2n) is 4.32. The number of carbonyl (C=O) groups is 1. The summed E-state index contributed by atoms with van der Waals surface area (Å²) in [6.07, 6.45) is 5.20. The second-order valence-corrected chi connectivity index (χ2v) is 4.32. The molecule has 0 aliphatic heterocycles. The van der Waals surface area contributed by atoms with Crippen LogP contribution in [-0.2, 0) is 0 Å². The molecule has 3 aromatic rings. The minimum atomic E-state index is -0.0546. The summed E-state index contributed by atoms with van der Waals surface area (Å²) in [5, 5.41) is 1.03. The van der Waals surface area contributed by atoms with Gasteiger partial charge in [-0.1, -0.05) is 12.1 Å². The summed E-state index contributed by atoms with van der Waals surface area (Å²) in [7, 11) is 1.75. The lowest BCUT2D eigenvalue weighted by Crippen LogP contribution is -2.26. The van der Waals surface area contributed by atoms with Crippen LogP contribution in [-0.4, -0.2) is 22.9 Å². The van der Waals surface area contributed by atoms with Crippen LogP contribution < -0.4 is 4.90 Å². The van der Waals surface area contributed by atoms with E-state index < -0.39 is 0 Å². The Morgan fingerprint density at radius 3 is 2.89 bits per heavy atom. The number of H-pyrrole nitrogens is 1. The molecule has 4 heteroatoms. The topological polar surface area (TPSA) is 49.0 Å². The highest BCUT2D eigenvalue weighted by molar-refractivity contribution is 6.12. The third kappa shape index (κ3) is 1.97. The van der Waals surface area contributed by atoms with E-state index in [4.69, 9.17) is 0 Å². The molecule has 1 aromatic carbocycles. The molecule has 19 heavy (non-hydrogen) atoms. The van der Waals surface area contributed by atoms with Crippen molar-refractivity contribution >= 4 is 22.5 Å². The van der Waals surface area contributed by atoms with E-state index in [-0.39, 0.29) is 5.91 Å². The lowest BCUT2D eigenvalue weighted by atomic mass is 10.1. The van der Waals surface area contributed by atoms with Crippen molar-refractivity contribution in [2.45, 2.75) is 0 Å². The van der Waals surface area contributed by atoms with Crippen LogP contribution in [0.2, 0.25) is 0 Å². The summed E-state index contributed by atoms with van der Waals surface area (Å²) < 4.78 is 0. The van der Waals surface area contributed by atoms with Crippen LogP contribution in [0, 0.1) is 0 Å². The molecule has 0 saturated heterocycles. The Balaban J connectivity index is 2.02. The number of fused-ring (bicyclic) bond motifs is 1. The first-order chi connectivity index (χ1) is 9.27. The van der Waals surface area contributed by atoms with E-state index in [2.05, 4.69) is 9.97 Å². The van der Waals surface area contributed by atoms with Gasteiger partial charge in [0.25, 0.3) is 5.91 Å². The minimum Gasteiger partial charge on any atom is -0.361 e. The van der Waals surface area contributed by atoms with Crippen molar-refractivity contribution < 1.29 is 4.79 Å². The fraction of sp³-hybridized carbons (Fsp3) is 0.0667. The first-order valence-corrected chi connectivity index (χ1v) is 6.01. The zero-order valence-electron chi connectivity index (χ0n) is 10.5. The monoisotopic (exact) mass is 251 g/mol. The summed E-state index contributed by atoms with van der Waals surface area (Å²) in [6, 6.07) is 11.3. The van der Waals surface area contributed by atoms with E-state index in [0.717, 1.165) is 16.6 Å². The highest BCUT2D eigenvalue weighted by Gasteiger charge is 2.16. The minimum absolute atomic E-state index is 0.0546. The molecule has 1 N–H and O–H groups in total. The Kier molecular flexibility index (Phi) is 2.76. The van der Waals surface area contributed by atoms with Crippen molar-refractivity contribution in [1.82, 2.24) is 9.97 Å². The first kappa shape index (κ1) is 11.5. The average molecular weight is 251 g/mol. The van der Waals surface area contributed by atoms with Crippen LogP contribution >= 0.6 is 0 Å². The van der Waals surface area contributed by atoms with Crippen LogP contribution in [0.15, 0.2) is 55.0 Å². The van der Waals surface area contributed by atoms with Gasteiger partial charge in [0.2, 0.25) is 0 Å². The van der Waals surface area contributed by atoms with E-state index in [0.29, 0.717) is 5.56 Å². The summed E-state index contributed by atoms with van der Waals surface area (Å²) in [5.74, 6) is -0.0546. The Bertz CT molecular complexity index is 718. The first-order valence-electron chi connectivity index (χ1n) is 6.01. The maximum Gasteiger partial charge on any atom is 0.260 e. The van der Waals surface area contributed by atoms with Gasteiger partial charge < -0.3 is 9.88 Å². The Labute approximate surface area is 110 Å². The number of carbonyl (C=O) groups excluding carboxylic acids is 1. The molecule has 0 bridgehead atoms. The number of para-hydroxylation sites is 1. The number of hydrogen-bond donors (Lipinski definition) is 1. The van der Waals surface area contributed by atoms with Gasteiger partial charge in [-0.15, -0.1) is 0 Å². The summed E-state index contributed by atoms with van der Waals surface area (Å²) in [6.45, 7) is 0. The molecule has 2 aromatic heterocycles. The SMILES string of the molecule is CN(C(=O)c1cccc2cc[nH]c12)c1cccnc1. The van der Waals surface area contributed by atoms with E-state index in [1.165, 1.54) is 0 Å². The maximum atomic E-state index is 12.5. The highest BCUT2D eigenvalue weighted by Crippen LogP contribution is 2.20. The van der Waals surface area contributed by atoms with Gasteiger partial charge >= 0.3 is 0 Å². The number of nitrogens with zero attached hydrogens (tertiary/aromatic N) is 2. The number of hydrogen-bond acceptors (Lipinski definition) is 2. The van der Waals surface area contributed by atoms with Gasteiger partial charge in [0, 0.05) is 24.8 Å². The molecule has 0 saturated carbocycles. The molecule has 0 aliphatic rings. The highest BCUT2D eigenvalue weighted by atomic mass is 16.2. The Morgan fingerprint density at radius 1 is 1.21 bits per heavy atom. The maximum absolute atomic E-state index is 12.5. The van der Waals surface area contributed by atoms with Crippen molar-refractivity contribution in [3.05, 3.63) is 60.6 Å². The van der Waals surface area contributed by atoms with Crippen molar-refractivity contribution in [3.63, 3.8) is 0 Å². The number of benzene rings is 1. The van der Waals surface area contributed by atoms with Gasteiger partial charge in [-0.2, -0.15) is 0 Å². The van der Waals surface area contributed by atoms with E-state index in [1.54, 1.807) is 24.3 Å². The van der Waals surface area contributed by atoms with Gasteiger partial charge in [-0.25, -0.2) is 0 Å². The van der Waals surface area contributed by atoms with E-state index >= 15 is 0 Å². The van der Waals surface area contributed by atoms with Crippen LogP contribution in [0.3, 0.4) is 0 Å². The number of rotatable bonds is 2. The number of aromatic nitrogens is 2. The number of aromatic amines is 1.